The second kappa shape index (κ2) is 7.86. The summed E-state index contributed by atoms with van der Waals surface area (Å²) < 4.78 is 30.4. The van der Waals surface area contributed by atoms with E-state index in [0.29, 0.717) is 12.1 Å². The van der Waals surface area contributed by atoms with E-state index in [1.165, 1.54) is 7.11 Å². The monoisotopic (exact) mass is 301 g/mol. The summed E-state index contributed by atoms with van der Waals surface area (Å²) in [4.78, 5) is 10.9. The Hall–Kier alpha value is -1.60. The summed E-state index contributed by atoms with van der Waals surface area (Å²) in [6.45, 7) is 0.0542. The molecule has 1 aromatic carbocycles. The summed E-state index contributed by atoms with van der Waals surface area (Å²) in [5.41, 5.74) is 1.39. The number of carbonyl (C=O) groups excluding carboxylic acids is 1. The van der Waals surface area contributed by atoms with Gasteiger partial charge in [0.15, 0.2) is 0 Å². The Balaban J connectivity index is 2.51. The number of sulfonamides is 1. The van der Waals surface area contributed by atoms with Gasteiger partial charge in [0.1, 0.15) is 0 Å². The van der Waals surface area contributed by atoms with Crippen LogP contribution in [-0.4, -0.2) is 39.0 Å². The van der Waals surface area contributed by atoms with E-state index in [1.807, 2.05) is 0 Å². The minimum atomic E-state index is -3.47. The lowest BCUT2D eigenvalue weighted by molar-refractivity contribution is -0.140. The number of carbonyl (C=O) groups is 1. The Labute approximate surface area is 118 Å². The zero-order valence-electron chi connectivity index (χ0n) is 11.3. The topological polar surface area (TPSA) is 92.7 Å². The Morgan fingerprint density at radius 2 is 1.95 bits per heavy atom. The number of benzene rings is 1. The second-order valence-electron chi connectivity index (χ2n) is 4.27. The van der Waals surface area contributed by atoms with Crippen LogP contribution >= 0.6 is 0 Å². The van der Waals surface area contributed by atoms with Crippen molar-refractivity contribution in [3.63, 3.8) is 0 Å². The average Bonchev–Trinajstić information content (AvgIpc) is 2.40. The number of esters is 1. The highest BCUT2D eigenvalue weighted by molar-refractivity contribution is 7.92. The highest BCUT2D eigenvalue weighted by atomic mass is 32.2. The van der Waals surface area contributed by atoms with Gasteiger partial charge in [0, 0.05) is 18.7 Å². The van der Waals surface area contributed by atoms with E-state index in [1.54, 1.807) is 24.3 Å². The maximum Gasteiger partial charge on any atom is 0.305 e. The summed E-state index contributed by atoms with van der Waals surface area (Å²) >= 11 is 0. The molecule has 0 aliphatic heterocycles. The molecule has 0 atom stereocenters. The van der Waals surface area contributed by atoms with E-state index in [-0.39, 0.29) is 25.2 Å². The van der Waals surface area contributed by atoms with E-state index in [4.69, 9.17) is 5.11 Å². The second-order valence-corrected chi connectivity index (χ2v) is 6.11. The van der Waals surface area contributed by atoms with Crippen molar-refractivity contribution in [1.29, 1.82) is 0 Å². The zero-order chi connectivity index (χ0) is 15.0. The quantitative estimate of drug-likeness (QED) is 0.696. The standard InChI is InChI=1S/C13H19NO5S/c1-19-13(16)3-2-10-20(17,18)14-12-6-4-11(5-7-12)8-9-15/h4-7,14-15H,2-3,8-10H2,1H3. The molecule has 6 nitrogen and oxygen atoms in total. The first-order valence-electron chi connectivity index (χ1n) is 6.24. The van der Waals surface area contributed by atoms with Crippen LogP contribution in [0.25, 0.3) is 0 Å². The first kappa shape index (κ1) is 16.5. The van der Waals surface area contributed by atoms with E-state index in [9.17, 15) is 13.2 Å². The highest BCUT2D eigenvalue weighted by Crippen LogP contribution is 2.12. The molecule has 0 aromatic heterocycles. The Kier molecular flexibility index (Phi) is 6.47. The fourth-order valence-corrected chi connectivity index (χ4v) is 2.73. The molecule has 0 spiro atoms. The van der Waals surface area contributed by atoms with Gasteiger partial charge in [-0.2, -0.15) is 0 Å². The molecule has 1 rings (SSSR count). The Morgan fingerprint density at radius 1 is 1.30 bits per heavy atom. The molecule has 0 saturated carbocycles. The van der Waals surface area contributed by atoms with Crippen molar-refractivity contribution in [2.45, 2.75) is 19.3 Å². The predicted molar refractivity (Wildman–Crippen MR) is 75.9 cm³/mol. The van der Waals surface area contributed by atoms with Crippen LogP contribution in [0.1, 0.15) is 18.4 Å². The van der Waals surface area contributed by atoms with E-state index < -0.39 is 16.0 Å². The molecule has 112 valence electrons. The molecular formula is C13H19NO5S. The highest BCUT2D eigenvalue weighted by Gasteiger charge is 2.11. The van der Waals surface area contributed by atoms with Gasteiger partial charge in [-0.25, -0.2) is 8.42 Å². The van der Waals surface area contributed by atoms with E-state index >= 15 is 0 Å². The Morgan fingerprint density at radius 3 is 2.50 bits per heavy atom. The van der Waals surface area contributed by atoms with Crippen LogP contribution in [0.3, 0.4) is 0 Å². The minimum absolute atomic E-state index is 0.0542. The number of nitrogens with one attached hydrogen (secondary N) is 1. The van der Waals surface area contributed by atoms with E-state index in [0.717, 1.165) is 5.56 Å². The number of rotatable bonds is 8. The molecule has 1 aromatic rings. The molecule has 0 unspecified atom stereocenters. The molecule has 0 aliphatic carbocycles. The zero-order valence-corrected chi connectivity index (χ0v) is 12.1. The van der Waals surface area contributed by atoms with Crippen LogP contribution in [0, 0.1) is 0 Å². The van der Waals surface area contributed by atoms with Crippen molar-refractivity contribution in [2.24, 2.45) is 0 Å². The summed E-state index contributed by atoms with van der Waals surface area (Å²) in [5, 5.41) is 8.79. The maximum atomic E-state index is 11.8. The van der Waals surface area contributed by atoms with Crippen molar-refractivity contribution in [3.05, 3.63) is 29.8 Å². The van der Waals surface area contributed by atoms with Crippen molar-refractivity contribution in [3.8, 4) is 0 Å². The number of ether oxygens (including phenoxy) is 1. The van der Waals surface area contributed by atoms with Gasteiger partial charge in [0.05, 0.1) is 12.9 Å². The molecule has 7 heteroatoms. The van der Waals surface area contributed by atoms with Gasteiger partial charge in [-0.15, -0.1) is 0 Å². The van der Waals surface area contributed by atoms with E-state index in [2.05, 4.69) is 9.46 Å². The van der Waals surface area contributed by atoms with Crippen LogP contribution in [0.15, 0.2) is 24.3 Å². The number of hydrogen-bond donors (Lipinski definition) is 2. The molecule has 20 heavy (non-hydrogen) atoms. The third-order valence-corrected chi connectivity index (χ3v) is 4.02. The molecule has 0 fully saturated rings. The fourth-order valence-electron chi connectivity index (χ4n) is 1.61. The summed E-state index contributed by atoms with van der Waals surface area (Å²) in [6, 6.07) is 6.79. The smallest absolute Gasteiger partial charge is 0.305 e. The Bertz CT molecular complexity index is 524. The van der Waals surface area contributed by atoms with Gasteiger partial charge in [-0.1, -0.05) is 12.1 Å². The summed E-state index contributed by atoms with van der Waals surface area (Å²) in [5.74, 6) is -0.561. The fraction of sp³-hybridized carbons (Fsp3) is 0.462. The molecule has 0 bridgehead atoms. The largest absolute Gasteiger partial charge is 0.469 e. The average molecular weight is 301 g/mol. The lowest BCUT2D eigenvalue weighted by atomic mass is 10.1. The molecule has 0 aliphatic rings. The lowest BCUT2D eigenvalue weighted by Crippen LogP contribution is -2.17. The molecule has 0 radical (unpaired) electrons. The van der Waals surface area contributed by atoms with Crippen molar-refractivity contribution in [2.75, 3.05) is 24.2 Å². The number of aliphatic hydroxyl groups is 1. The van der Waals surface area contributed by atoms with Gasteiger partial charge in [-0.3, -0.25) is 9.52 Å². The van der Waals surface area contributed by atoms with Crippen LogP contribution in [0.4, 0.5) is 5.69 Å². The number of methoxy groups -OCH3 is 1. The minimum Gasteiger partial charge on any atom is -0.469 e. The third-order valence-electron chi connectivity index (χ3n) is 2.65. The molecular weight excluding hydrogens is 282 g/mol. The van der Waals surface area contributed by atoms with Gasteiger partial charge in [0.25, 0.3) is 0 Å². The van der Waals surface area contributed by atoms with Gasteiger partial charge in [-0.05, 0) is 30.5 Å². The van der Waals surface area contributed by atoms with Gasteiger partial charge < -0.3 is 9.84 Å². The van der Waals surface area contributed by atoms with Crippen LogP contribution in [0.5, 0.6) is 0 Å². The van der Waals surface area contributed by atoms with Gasteiger partial charge >= 0.3 is 5.97 Å². The summed E-state index contributed by atoms with van der Waals surface area (Å²) in [6.07, 6.45) is 0.823. The predicted octanol–water partition coefficient (Wildman–Crippen LogP) is 0.916. The number of anilines is 1. The van der Waals surface area contributed by atoms with Crippen molar-refractivity contribution in [1.82, 2.24) is 0 Å². The maximum absolute atomic E-state index is 11.8. The summed E-state index contributed by atoms with van der Waals surface area (Å²) in [7, 11) is -2.20. The molecule has 2 N–H and O–H groups in total. The van der Waals surface area contributed by atoms with Crippen LogP contribution < -0.4 is 4.72 Å². The third kappa shape index (κ3) is 6.03. The van der Waals surface area contributed by atoms with Crippen LogP contribution in [0.2, 0.25) is 0 Å². The molecule has 0 amide bonds. The normalized spacial score (nSPS) is 11.1. The number of aliphatic hydroxyl groups excluding tert-OH is 1. The number of hydrogen-bond acceptors (Lipinski definition) is 5. The SMILES string of the molecule is COC(=O)CCCS(=O)(=O)Nc1ccc(CCO)cc1. The van der Waals surface area contributed by atoms with Crippen molar-refractivity contribution < 1.29 is 23.1 Å². The first-order valence-corrected chi connectivity index (χ1v) is 7.89. The van der Waals surface area contributed by atoms with Crippen molar-refractivity contribution >= 4 is 21.7 Å². The molecule has 0 saturated heterocycles. The molecule has 0 heterocycles. The van der Waals surface area contributed by atoms with Crippen LogP contribution in [-0.2, 0) is 26.0 Å². The van der Waals surface area contributed by atoms with Gasteiger partial charge in [0.2, 0.25) is 10.0 Å². The lowest BCUT2D eigenvalue weighted by Gasteiger charge is -2.08. The first-order chi connectivity index (χ1) is 9.46.